The number of nitrogens with zero attached hydrogens (tertiary/aromatic N) is 1. The maximum Gasteiger partial charge on any atom is 0.269 e. The predicted molar refractivity (Wildman–Crippen MR) is 95.5 cm³/mol. The molecule has 0 aliphatic carbocycles. The van der Waals surface area contributed by atoms with Gasteiger partial charge in [-0.1, -0.05) is 18.2 Å². The molecule has 0 aliphatic rings. The number of hydrogen-bond acceptors (Lipinski definition) is 5. The Morgan fingerprint density at radius 1 is 1.28 bits per heavy atom. The zero-order valence-electron chi connectivity index (χ0n) is 13.8. The minimum absolute atomic E-state index is 0.0936. The number of nitrogens with two attached hydrogens (primary N) is 1. The lowest BCUT2D eigenvalue weighted by Crippen LogP contribution is -2.36. The number of rotatable bonds is 6. The number of benzene rings is 2. The summed E-state index contributed by atoms with van der Waals surface area (Å²) in [6.45, 7) is 0.192. The van der Waals surface area contributed by atoms with E-state index >= 15 is 0 Å². The minimum Gasteiger partial charge on any atom is -0.497 e. The summed E-state index contributed by atoms with van der Waals surface area (Å²) in [6.07, 6.45) is -0.760. The van der Waals surface area contributed by atoms with Crippen LogP contribution in [-0.4, -0.2) is 47.5 Å². The molecule has 3 rings (SSSR count). The highest BCUT2D eigenvalue weighted by molar-refractivity contribution is 5.94. The average molecular weight is 340 g/mol. The number of H-pyrrole nitrogens is 1. The van der Waals surface area contributed by atoms with Crippen molar-refractivity contribution in [3.63, 3.8) is 0 Å². The lowest BCUT2D eigenvalue weighted by Gasteiger charge is -2.07. The molecule has 0 aliphatic heterocycles. The number of aromatic nitrogens is 2. The predicted octanol–water partition coefficient (Wildman–Crippen LogP) is 1.29. The summed E-state index contributed by atoms with van der Waals surface area (Å²) >= 11 is 0. The third kappa shape index (κ3) is 3.78. The topological polar surface area (TPSA) is 113 Å². The van der Waals surface area contributed by atoms with Crippen molar-refractivity contribution in [2.24, 2.45) is 5.73 Å². The number of amides is 1. The second-order valence-corrected chi connectivity index (χ2v) is 5.69. The third-order valence-electron chi connectivity index (χ3n) is 3.94. The van der Waals surface area contributed by atoms with Crippen LogP contribution in [-0.2, 0) is 0 Å². The molecule has 1 atom stereocenters. The van der Waals surface area contributed by atoms with Crippen molar-refractivity contribution < 1.29 is 14.6 Å². The van der Waals surface area contributed by atoms with Crippen molar-refractivity contribution in [2.75, 3.05) is 20.2 Å². The van der Waals surface area contributed by atoms with Gasteiger partial charge in [-0.25, -0.2) is 0 Å². The quantitative estimate of drug-likeness (QED) is 0.540. The van der Waals surface area contributed by atoms with Gasteiger partial charge in [0.15, 0.2) is 0 Å². The highest BCUT2D eigenvalue weighted by Crippen LogP contribution is 2.26. The Morgan fingerprint density at radius 3 is 2.80 bits per heavy atom. The fourth-order valence-electron chi connectivity index (χ4n) is 2.49. The number of carbonyl (C=O) groups excluding carboxylic acids is 1. The van der Waals surface area contributed by atoms with Crippen LogP contribution in [0, 0.1) is 0 Å². The van der Waals surface area contributed by atoms with E-state index in [4.69, 9.17) is 10.5 Å². The van der Waals surface area contributed by atoms with E-state index in [2.05, 4.69) is 15.5 Å². The summed E-state index contributed by atoms with van der Waals surface area (Å²) in [5.41, 5.74) is 7.21. The second kappa shape index (κ2) is 7.33. The molecule has 0 bridgehead atoms. The summed E-state index contributed by atoms with van der Waals surface area (Å²) in [7, 11) is 1.64. The van der Waals surface area contributed by atoms with E-state index in [9.17, 15) is 9.90 Å². The number of ether oxygens (including phenoxy) is 1. The standard InChI is InChI=1S/C18H20N4O3/c1-25-15-5-4-11-6-13(3-2-12(11)7-15)16-8-17(22-21-16)18(24)20-10-14(23)9-19/h2-8,14,23H,9-10,19H2,1H3,(H,20,24)(H,21,22). The summed E-state index contributed by atoms with van der Waals surface area (Å²) in [4.78, 5) is 12.0. The summed E-state index contributed by atoms with van der Waals surface area (Å²) < 4.78 is 5.23. The van der Waals surface area contributed by atoms with E-state index in [0.29, 0.717) is 11.4 Å². The molecule has 0 spiro atoms. The van der Waals surface area contributed by atoms with Crippen molar-refractivity contribution in [3.8, 4) is 17.0 Å². The van der Waals surface area contributed by atoms with Gasteiger partial charge in [0.1, 0.15) is 11.4 Å². The third-order valence-corrected chi connectivity index (χ3v) is 3.94. The Kier molecular flexibility index (Phi) is 4.97. The molecule has 7 nitrogen and oxygen atoms in total. The Morgan fingerprint density at radius 2 is 2.04 bits per heavy atom. The monoisotopic (exact) mass is 340 g/mol. The van der Waals surface area contributed by atoms with Crippen LogP contribution in [0.2, 0.25) is 0 Å². The number of hydrogen-bond donors (Lipinski definition) is 4. The van der Waals surface area contributed by atoms with Crippen molar-refractivity contribution in [3.05, 3.63) is 48.2 Å². The van der Waals surface area contributed by atoms with E-state index < -0.39 is 6.10 Å². The van der Waals surface area contributed by atoms with Crippen molar-refractivity contribution in [1.29, 1.82) is 0 Å². The number of aromatic amines is 1. The second-order valence-electron chi connectivity index (χ2n) is 5.69. The average Bonchev–Trinajstić information content (AvgIpc) is 3.15. The van der Waals surface area contributed by atoms with Gasteiger partial charge in [0, 0.05) is 18.7 Å². The van der Waals surface area contributed by atoms with Crippen LogP contribution in [0.1, 0.15) is 10.5 Å². The van der Waals surface area contributed by atoms with Crippen molar-refractivity contribution in [1.82, 2.24) is 15.5 Å². The number of carbonyl (C=O) groups is 1. The maximum absolute atomic E-state index is 12.0. The van der Waals surface area contributed by atoms with Gasteiger partial charge in [-0.15, -0.1) is 0 Å². The molecular weight excluding hydrogens is 320 g/mol. The number of aliphatic hydroxyl groups is 1. The van der Waals surface area contributed by atoms with Gasteiger partial charge >= 0.3 is 0 Å². The summed E-state index contributed by atoms with van der Waals surface area (Å²) in [5, 5.41) is 21.0. The molecule has 7 heteroatoms. The number of fused-ring (bicyclic) bond motifs is 1. The molecular formula is C18H20N4O3. The smallest absolute Gasteiger partial charge is 0.269 e. The van der Waals surface area contributed by atoms with Crippen LogP contribution in [0.15, 0.2) is 42.5 Å². The zero-order chi connectivity index (χ0) is 17.8. The SMILES string of the molecule is COc1ccc2cc(-c3cc(C(=O)NCC(O)CN)[nH]n3)ccc2c1. The molecule has 3 aromatic rings. The lowest BCUT2D eigenvalue weighted by atomic mass is 10.0. The fourth-order valence-corrected chi connectivity index (χ4v) is 2.49. The van der Waals surface area contributed by atoms with Gasteiger partial charge in [0.05, 0.1) is 18.9 Å². The molecule has 1 aromatic heterocycles. The first-order chi connectivity index (χ1) is 12.1. The maximum atomic E-state index is 12.0. The van der Waals surface area contributed by atoms with Gasteiger partial charge in [0.25, 0.3) is 5.91 Å². The first-order valence-electron chi connectivity index (χ1n) is 7.90. The molecule has 5 N–H and O–H groups in total. The van der Waals surface area contributed by atoms with Crippen LogP contribution in [0.5, 0.6) is 5.75 Å². The van der Waals surface area contributed by atoms with Crippen molar-refractivity contribution in [2.45, 2.75) is 6.10 Å². The summed E-state index contributed by atoms with van der Waals surface area (Å²) in [6, 6.07) is 13.5. The Bertz CT molecular complexity index is 891. The summed E-state index contributed by atoms with van der Waals surface area (Å²) in [5.74, 6) is 0.468. The largest absolute Gasteiger partial charge is 0.497 e. The van der Waals surface area contributed by atoms with E-state index in [1.807, 2.05) is 36.4 Å². The molecule has 1 unspecified atom stereocenters. The van der Waals surface area contributed by atoms with Crippen LogP contribution in [0.3, 0.4) is 0 Å². The van der Waals surface area contributed by atoms with Gasteiger partial charge in [-0.3, -0.25) is 9.89 Å². The van der Waals surface area contributed by atoms with Crippen molar-refractivity contribution >= 4 is 16.7 Å². The molecule has 130 valence electrons. The molecule has 1 amide bonds. The van der Waals surface area contributed by atoms with Crippen LogP contribution < -0.4 is 15.8 Å². The highest BCUT2D eigenvalue weighted by Gasteiger charge is 2.12. The normalized spacial score (nSPS) is 12.1. The van der Waals surface area contributed by atoms with Crippen LogP contribution >= 0.6 is 0 Å². The first kappa shape index (κ1) is 16.9. The van der Waals surface area contributed by atoms with Gasteiger partial charge in [0.2, 0.25) is 0 Å². The molecule has 0 saturated carbocycles. The zero-order valence-corrected chi connectivity index (χ0v) is 13.8. The molecule has 0 fully saturated rings. The van der Waals surface area contributed by atoms with E-state index in [1.54, 1.807) is 13.2 Å². The number of methoxy groups -OCH3 is 1. The fraction of sp³-hybridized carbons (Fsp3) is 0.222. The highest BCUT2D eigenvalue weighted by atomic mass is 16.5. The Labute approximate surface area is 144 Å². The first-order valence-corrected chi connectivity index (χ1v) is 7.90. The Hall–Kier alpha value is -2.90. The molecule has 0 saturated heterocycles. The Balaban J connectivity index is 1.79. The van der Waals surface area contributed by atoms with E-state index in [-0.39, 0.29) is 19.0 Å². The van der Waals surface area contributed by atoms with Gasteiger partial charge < -0.3 is 20.9 Å². The number of aliphatic hydroxyl groups excluding tert-OH is 1. The van der Waals surface area contributed by atoms with Gasteiger partial charge in [-0.05, 0) is 35.0 Å². The van der Waals surface area contributed by atoms with E-state index in [0.717, 1.165) is 22.1 Å². The molecule has 25 heavy (non-hydrogen) atoms. The molecule has 2 aromatic carbocycles. The van der Waals surface area contributed by atoms with E-state index in [1.165, 1.54) is 0 Å². The number of nitrogens with one attached hydrogen (secondary N) is 2. The molecule has 1 heterocycles. The molecule has 0 radical (unpaired) electrons. The van der Waals surface area contributed by atoms with Gasteiger partial charge in [-0.2, -0.15) is 5.10 Å². The van der Waals surface area contributed by atoms with Crippen LogP contribution in [0.4, 0.5) is 0 Å². The van der Waals surface area contributed by atoms with Crippen LogP contribution in [0.25, 0.3) is 22.0 Å². The minimum atomic E-state index is -0.760. The lowest BCUT2D eigenvalue weighted by molar-refractivity contribution is 0.0915.